The molecule has 18 heavy (non-hydrogen) atoms. The molecule has 1 aliphatic carbocycles. The van der Waals surface area contributed by atoms with Crippen molar-refractivity contribution in [1.29, 1.82) is 0 Å². The minimum absolute atomic E-state index is 0.145. The number of piperazine rings is 1. The molecule has 0 spiro atoms. The Balaban J connectivity index is 1.64. The van der Waals surface area contributed by atoms with Crippen LogP contribution in [0.2, 0.25) is 0 Å². The van der Waals surface area contributed by atoms with Gasteiger partial charge < -0.3 is 15.1 Å². The number of carbonyl (C=O) groups excluding carboxylic acids is 1. The van der Waals surface area contributed by atoms with Gasteiger partial charge in [0.25, 0.3) is 0 Å². The van der Waals surface area contributed by atoms with Gasteiger partial charge in [0, 0.05) is 45.3 Å². The average molecular weight is 254 g/mol. The zero-order valence-electron chi connectivity index (χ0n) is 11.7. The van der Waals surface area contributed by atoms with Crippen molar-refractivity contribution in [1.82, 2.24) is 20.0 Å². The molecular weight excluding hydrogens is 228 g/mol. The molecule has 5 nitrogen and oxygen atoms in total. The van der Waals surface area contributed by atoms with Gasteiger partial charge in [0.1, 0.15) is 0 Å². The van der Waals surface area contributed by atoms with Crippen LogP contribution in [-0.4, -0.2) is 80.1 Å². The molecule has 1 N–H and O–H groups in total. The first-order chi connectivity index (χ1) is 8.65. The van der Waals surface area contributed by atoms with Crippen LogP contribution >= 0.6 is 0 Å². The second kappa shape index (κ2) is 6.38. The van der Waals surface area contributed by atoms with E-state index in [1.54, 1.807) is 0 Å². The van der Waals surface area contributed by atoms with E-state index in [1.807, 2.05) is 4.90 Å². The summed E-state index contributed by atoms with van der Waals surface area (Å²) in [5.74, 6) is 0. The quantitative estimate of drug-likeness (QED) is 0.790. The van der Waals surface area contributed by atoms with E-state index in [-0.39, 0.29) is 6.03 Å². The fourth-order valence-corrected chi connectivity index (χ4v) is 2.33. The molecule has 104 valence electrons. The van der Waals surface area contributed by atoms with Crippen LogP contribution in [-0.2, 0) is 0 Å². The van der Waals surface area contributed by atoms with E-state index in [1.165, 1.54) is 6.42 Å². The zero-order valence-corrected chi connectivity index (χ0v) is 11.7. The number of likely N-dealkylation sites (N-methyl/N-ethyl adjacent to an activating group) is 1. The molecule has 2 rings (SSSR count). The van der Waals surface area contributed by atoms with Crippen molar-refractivity contribution in [2.75, 3.05) is 53.4 Å². The summed E-state index contributed by atoms with van der Waals surface area (Å²) < 4.78 is 0. The molecule has 2 fully saturated rings. The molecule has 2 aliphatic rings. The third-order valence-electron chi connectivity index (χ3n) is 3.96. The highest BCUT2D eigenvalue weighted by Gasteiger charge is 2.25. The van der Waals surface area contributed by atoms with E-state index in [0.717, 1.165) is 52.1 Å². The predicted molar refractivity (Wildman–Crippen MR) is 72.7 cm³/mol. The summed E-state index contributed by atoms with van der Waals surface area (Å²) in [6, 6.07) is 0.594. The summed E-state index contributed by atoms with van der Waals surface area (Å²) in [6.07, 6.45) is 3.59. The van der Waals surface area contributed by atoms with Crippen LogP contribution in [0.4, 0.5) is 4.79 Å². The van der Waals surface area contributed by atoms with E-state index in [9.17, 15) is 4.79 Å². The molecule has 0 aromatic heterocycles. The Morgan fingerprint density at radius 1 is 1.22 bits per heavy atom. The van der Waals surface area contributed by atoms with Gasteiger partial charge in [0.15, 0.2) is 0 Å². The molecule has 1 saturated carbocycles. The molecule has 1 saturated heterocycles. The van der Waals surface area contributed by atoms with Gasteiger partial charge in [0.2, 0.25) is 0 Å². The molecule has 1 heterocycles. The van der Waals surface area contributed by atoms with Crippen LogP contribution in [0.1, 0.15) is 19.3 Å². The van der Waals surface area contributed by atoms with Gasteiger partial charge in [-0.1, -0.05) is 0 Å². The van der Waals surface area contributed by atoms with Gasteiger partial charge in [-0.15, -0.1) is 0 Å². The predicted octanol–water partition coefficient (Wildman–Crippen LogP) is 0.428. The Morgan fingerprint density at radius 3 is 2.39 bits per heavy atom. The van der Waals surface area contributed by atoms with Gasteiger partial charge >= 0.3 is 6.03 Å². The Morgan fingerprint density at radius 2 is 1.89 bits per heavy atom. The molecular formula is C13H26N4O. The third-order valence-corrected chi connectivity index (χ3v) is 3.96. The number of carbonyl (C=O) groups is 1. The summed E-state index contributed by atoms with van der Waals surface area (Å²) >= 11 is 0. The number of nitrogens with zero attached hydrogens (tertiary/aromatic N) is 3. The van der Waals surface area contributed by atoms with Crippen molar-refractivity contribution in [2.24, 2.45) is 0 Å². The molecule has 0 atom stereocenters. The smallest absolute Gasteiger partial charge is 0.317 e. The SMILES string of the molecule is CN(C)CCN1CCN(C(=O)NC2CCC2)CC1. The zero-order chi connectivity index (χ0) is 13.0. The Hall–Kier alpha value is -0.810. The molecule has 0 unspecified atom stereocenters. The maximum absolute atomic E-state index is 12.0. The number of hydrogen-bond donors (Lipinski definition) is 1. The Bertz CT molecular complexity index is 270. The number of rotatable bonds is 4. The Labute approximate surface area is 110 Å². The van der Waals surface area contributed by atoms with Crippen LogP contribution in [0.25, 0.3) is 0 Å². The Kier molecular flexibility index (Phi) is 4.83. The fourth-order valence-electron chi connectivity index (χ4n) is 2.33. The van der Waals surface area contributed by atoms with Gasteiger partial charge in [0.05, 0.1) is 0 Å². The maximum atomic E-state index is 12.0. The van der Waals surface area contributed by atoms with Gasteiger partial charge in [-0.3, -0.25) is 4.90 Å². The van der Waals surface area contributed by atoms with E-state index < -0.39 is 0 Å². The summed E-state index contributed by atoms with van der Waals surface area (Å²) in [5.41, 5.74) is 0. The lowest BCUT2D eigenvalue weighted by Crippen LogP contribution is -2.54. The first-order valence-corrected chi connectivity index (χ1v) is 7.07. The highest BCUT2D eigenvalue weighted by molar-refractivity contribution is 5.74. The van der Waals surface area contributed by atoms with E-state index >= 15 is 0 Å². The monoisotopic (exact) mass is 254 g/mol. The minimum Gasteiger partial charge on any atom is -0.335 e. The summed E-state index contributed by atoms with van der Waals surface area (Å²) in [5, 5.41) is 3.11. The van der Waals surface area contributed by atoms with E-state index in [2.05, 4.69) is 29.2 Å². The van der Waals surface area contributed by atoms with E-state index in [0.29, 0.717) is 6.04 Å². The van der Waals surface area contributed by atoms with E-state index in [4.69, 9.17) is 0 Å². The van der Waals surface area contributed by atoms with Gasteiger partial charge in [-0.25, -0.2) is 4.79 Å². The van der Waals surface area contributed by atoms with Crippen molar-refractivity contribution in [2.45, 2.75) is 25.3 Å². The third kappa shape index (κ3) is 3.85. The summed E-state index contributed by atoms with van der Waals surface area (Å²) in [7, 11) is 4.20. The minimum atomic E-state index is 0.145. The van der Waals surface area contributed by atoms with Crippen LogP contribution < -0.4 is 5.32 Å². The highest BCUT2D eigenvalue weighted by Crippen LogP contribution is 2.18. The van der Waals surface area contributed by atoms with Gasteiger partial charge in [-0.2, -0.15) is 0 Å². The first-order valence-electron chi connectivity index (χ1n) is 7.07. The number of nitrogens with one attached hydrogen (secondary N) is 1. The second-order valence-corrected chi connectivity index (χ2v) is 5.71. The van der Waals surface area contributed by atoms with Crippen LogP contribution in [0.3, 0.4) is 0 Å². The summed E-state index contributed by atoms with van der Waals surface area (Å²) in [4.78, 5) is 18.6. The number of urea groups is 1. The van der Waals surface area contributed by atoms with Crippen LogP contribution in [0.5, 0.6) is 0 Å². The van der Waals surface area contributed by atoms with Crippen molar-refractivity contribution < 1.29 is 4.79 Å². The average Bonchev–Trinajstić information content (AvgIpc) is 2.31. The standard InChI is InChI=1S/C13H26N4O/c1-15(2)6-7-16-8-10-17(11-9-16)13(18)14-12-4-3-5-12/h12H,3-11H2,1-2H3,(H,14,18). The molecule has 5 heteroatoms. The summed E-state index contributed by atoms with van der Waals surface area (Å²) in [6.45, 7) is 5.94. The van der Waals surface area contributed by atoms with Crippen molar-refractivity contribution in [3.63, 3.8) is 0 Å². The van der Waals surface area contributed by atoms with Crippen molar-refractivity contribution >= 4 is 6.03 Å². The number of hydrogen-bond acceptors (Lipinski definition) is 3. The highest BCUT2D eigenvalue weighted by atomic mass is 16.2. The first kappa shape index (κ1) is 13.6. The lowest BCUT2D eigenvalue weighted by Gasteiger charge is -2.37. The molecule has 1 aliphatic heterocycles. The topological polar surface area (TPSA) is 38.8 Å². The van der Waals surface area contributed by atoms with Gasteiger partial charge in [-0.05, 0) is 33.4 Å². The largest absolute Gasteiger partial charge is 0.335 e. The molecule has 0 bridgehead atoms. The molecule has 0 radical (unpaired) electrons. The maximum Gasteiger partial charge on any atom is 0.317 e. The number of amides is 2. The van der Waals surface area contributed by atoms with Crippen molar-refractivity contribution in [3.8, 4) is 0 Å². The normalized spacial score (nSPS) is 22.1. The van der Waals surface area contributed by atoms with Crippen LogP contribution in [0, 0.1) is 0 Å². The molecule has 0 aromatic rings. The lowest BCUT2D eigenvalue weighted by molar-refractivity contribution is 0.129. The molecule has 2 amide bonds. The van der Waals surface area contributed by atoms with Crippen molar-refractivity contribution in [3.05, 3.63) is 0 Å². The van der Waals surface area contributed by atoms with Crippen LogP contribution in [0.15, 0.2) is 0 Å². The second-order valence-electron chi connectivity index (χ2n) is 5.71. The molecule has 0 aromatic carbocycles. The lowest BCUT2D eigenvalue weighted by atomic mass is 9.93. The fraction of sp³-hybridized carbons (Fsp3) is 0.923.